The van der Waals surface area contributed by atoms with Gasteiger partial charge in [0, 0.05) is 54.7 Å². The zero-order valence-corrected chi connectivity index (χ0v) is 16.9. The molecule has 0 unspecified atom stereocenters. The average Bonchev–Trinajstić information content (AvgIpc) is 3.34. The van der Waals surface area contributed by atoms with Crippen LogP contribution >= 0.6 is 22.7 Å². The summed E-state index contributed by atoms with van der Waals surface area (Å²) in [6.07, 6.45) is 0. The van der Waals surface area contributed by atoms with Gasteiger partial charge in [-0.3, -0.25) is 4.90 Å². The normalized spacial score (nSPS) is 15.1. The standard InChI is InChI=1S/C20H22N4OS2/c1-15-3-2-4-17(11-15)22-20(25)24-8-6-23(7-9-24)12-18-14-27-19(21-18)16-5-10-26-13-16/h2-5,10-11,13-14H,6-9,12H2,1H3,(H,22,25). The lowest BCUT2D eigenvalue weighted by molar-refractivity contribution is 0.142. The van der Waals surface area contributed by atoms with Crippen LogP contribution in [0.4, 0.5) is 10.5 Å². The summed E-state index contributed by atoms with van der Waals surface area (Å²) < 4.78 is 0. The van der Waals surface area contributed by atoms with Gasteiger partial charge in [-0.05, 0) is 36.1 Å². The van der Waals surface area contributed by atoms with Gasteiger partial charge in [0.05, 0.1) is 5.69 Å². The van der Waals surface area contributed by atoms with E-state index in [9.17, 15) is 4.79 Å². The van der Waals surface area contributed by atoms with Crippen LogP contribution in [0.5, 0.6) is 0 Å². The number of nitrogens with zero attached hydrogens (tertiary/aromatic N) is 3. The number of carbonyl (C=O) groups excluding carboxylic acids is 1. The molecule has 3 heterocycles. The van der Waals surface area contributed by atoms with E-state index in [4.69, 9.17) is 4.98 Å². The van der Waals surface area contributed by atoms with E-state index < -0.39 is 0 Å². The van der Waals surface area contributed by atoms with E-state index in [1.54, 1.807) is 22.7 Å². The van der Waals surface area contributed by atoms with Gasteiger partial charge in [-0.2, -0.15) is 11.3 Å². The lowest BCUT2D eigenvalue weighted by Crippen LogP contribution is -2.49. The topological polar surface area (TPSA) is 48.5 Å². The van der Waals surface area contributed by atoms with Gasteiger partial charge in [-0.15, -0.1) is 11.3 Å². The van der Waals surface area contributed by atoms with E-state index in [-0.39, 0.29) is 6.03 Å². The summed E-state index contributed by atoms with van der Waals surface area (Å²) in [4.78, 5) is 21.5. The summed E-state index contributed by atoms with van der Waals surface area (Å²) in [5.41, 5.74) is 4.31. The third-order valence-electron chi connectivity index (χ3n) is 4.63. The third kappa shape index (κ3) is 4.55. The molecule has 2 aromatic heterocycles. The fourth-order valence-electron chi connectivity index (χ4n) is 3.16. The van der Waals surface area contributed by atoms with E-state index in [1.165, 1.54) is 5.56 Å². The van der Waals surface area contributed by atoms with Crippen molar-refractivity contribution in [2.45, 2.75) is 13.5 Å². The molecule has 2 amide bonds. The van der Waals surface area contributed by atoms with Gasteiger partial charge in [0.2, 0.25) is 0 Å². The first-order valence-electron chi connectivity index (χ1n) is 8.99. The van der Waals surface area contributed by atoms with Crippen molar-refractivity contribution in [3.05, 3.63) is 57.7 Å². The number of amides is 2. The molecule has 0 saturated carbocycles. The SMILES string of the molecule is Cc1cccc(NC(=O)N2CCN(Cc3csc(-c4ccsc4)n3)CC2)c1. The molecule has 140 valence electrons. The molecule has 4 rings (SSSR count). The Bertz CT molecular complexity index is 898. The fourth-order valence-corrected chi connectivity index (χ4v) is 4.68. The van der Waals surface area contributed by atoms with Gasteiger partial charge in [0.25, 0.3) is 0 Å². The highest BCUT2D eigenvalue weighted by molar-refractivity contribution is 7.14. The molecule has 0 spiro atoms. The van der Waals surface area contributed by atoms with Gasteiger partial charge in [0.15, 0.2) is 0 Å². The maximum Gasteiger partial charge on any atom is 0.321 e. The van der Waals surface area contributed by atoms with Crippen LogP contribution in [0, 0.1) is 6.92 Å². The second-order valence-electron chi connectivity index (χ2n) is 6.72. The Labute approximate surface area is 167 Å². The van der Waals surface area contributed by atoms with Crippen molar-refractivity contribution in [2.24, 2.45) is 0 Å². The number of hydrogen-bond acceptors (Lipinski definition) is 5. The number of carbonyl (C=O) groups is 1. The number of hydrogen-bond donors (Lipinski definition) is 1. The zero-order valence-electron chi connectivity index (χ0n) is 15.2. The number of anilines is 1. The molecule has 0 radical (unpaired) electrons. The second kappa shape index (κ2) is 8.21. The lowest BCUT2D eigenvalue weighted by atomic mass is 10.2. The molecule has 1 aliphatic heterocycles. The number of benzene rings is 1. The van der Waals surface area contributed by atoms with Crippen LogP contribution in [0.1, 0.15) is 11.3 Å². The molecule has 1 aliphatic rings. The molecule has 0 atom stereocenters. The Morgan fingerprint density at radius 2 is 2.04 bits per heavy atom. The van der Waals surface area contributed by atoms with Crippen LogP contribution in [-0.4, -0.2) is 47.0 Å². The predicted molar refractivity (Wildman–Crippen MR) is 112 cm³/mol. The maximum atomic E-state index is 12.5. The van der Waals surface area contributed by atoms with Crippen LogP contribution < -0.4 is 5.32 Å². The van der Waals surface area contributed by atoms with E-state index in [1.807, 2.05) is 36.1 Å². The van der Waals surface area contributed by atoms with Crippen molar-refractivity contribution in [1.29, 1.82) is 0 Å². The number of piperazine rings is 1. The highest BCUT2D eigenvalue weighted by Crippen LogP contribution is 2.26. The summed E-state index contributed by atoms with van der Waals surface area (Å²) in [6, 6.07) is 9.99. The van der Waals surface area contributed by atoms with Crippen LogP contribution in [0.25, 0.3) is 10.6 Å². The number of thiophene rings is 1. The first-order chi connectivity index (χ1) is 13.2. The van der Waals surface area contributed by atoms with E-state index in [0.717, 1.165) is 54.7 Å². The number of thiazole rings is 1. The summed E-state index contributed by atoms with van der Waals surface area (Å²) >= 11 is 3.39. The van der Waals surface area contributed by atoms with Gasteiger partial charge in [-0.25, -0.2) is 9.78 Å². The number of aromatic nitrogens is 1. The first kappa shape index (κ1) is 18.2. The van der Waals surface area contributed by atoms with Crippen LogP contribution in [0.15, 0.2) is 46.5 Å². The molecule has 7 heteroatoms. The van der Waals surface area contributed by atoms with E-state index >= 15 is 0 Å². The van der Waals surface area contributed by atoms with E-state index in [2.05, 4.69) is 32.4 Å². The Balaban J connectivity index is 1.28. The number of nitrogens with one attached hydrogen (secondary N) is 1. The van der Waals surface area contributed by atoms with Crippen molar-refractivity contribution in [3.63, 3.8) is 0 Å². The monoisotopic (exact) mass is 398 g/mol. The van der Waals surface area contributed by atoms with Crippen LogP contribution in [0.3, 0.4) is 0 Å². The molecule has 1 saturated heterocycles. The minimum absolute atomic E-state index is 0.0198. The molecule has 3 aromatic rings. The smallest absolute Gasteiger partial charge is 0.321 e. The second-order valence-corrected chi connectivity index (χ2v) is 8.36. The van der Waals surface area contributed by atoms with Gasteiger partial charge >= 0.3 is 6.03 Å². The molecular formula is C20H22N4OS2. The van der Waals surface area contributed by atoms with Crippen molar-refractivity contribution in [3.8, 4) is 10.6 Å². The molecule has 1 fully saturated rings. The first-order valence-corrected chi connectivity index (χ1v) is 10.8. The molecule has 1 N–H and O–H groups in total. The third-order valence-corrected chi connectivity index (χ3v) is 6.26. The van der Waals surface area contributed by atoms with Crippen molar-refractivity contribution >= 4 is 34.4 Å². The van der Waals surface area contributed by atoms with Gasteiger partial charge in [0.1, 0.15) is 5.01 Å². The quantitative estimate of drug-likeness (QED) is 0.702. The van der Waals surface area contributed by atoms with E-state index in [0.29, 0.717) is 0 Å². The van der Waals surface area contributed by atoms with Crippen molar-refractivity contribution < 1.29 is 4.79 Å². The van der Waals surface area contributed by atoms with Crippen molar-refractivity contribution in [1.82, 2.24) is 14.8 Å². The highest BCUT2D eigenvalue weighted by Gasteiger charge is 2.22. The lowest BCUT2D eigenvalue weighted by Gasteiger charge is -2.34. The molecule has 0 bridgehead atoms. The highest BCUT2D eigenvalue weighted by atomic mass is 32.1. The molecule has 5 nitrogen and oxygen atoms in total. The molecule has 0 aliphatic carbocycles. The van der Waals surface area contributed by atoms with Crippen LogP contribution in [0.2, 0.25) is 0 Å². The predicted octanol–water partition coefficient (Wildman–Crippen LogP) is 4.53. The van der Waals surface area contributed by atoms with Crippen LogP contribution in [-0.2, 0) is 6.54 Å². The summed E-state index contributed by atoms with van der Waals surface area (Å²) in [7, 11) is 0. The number of aryl methyl sites for hydroxylation is 1. The summed E-state index contributed by atoms with van der Waals surface area (Å²) in [5.74, 6) is 0. The Hall–Kier alpha value is -2.22. The number of urea groups is 1. The van der Waals surface area contributed by atoms with Crippen molar-refractivity contribution in [2.75, 3.05) is 31.5 Å². The Morgan fingerprint density at radius 1 is 1.19 bits per heavy atom. The van der Waals surface area contributed by atoms with Gasteiger partial charge < -0.3 is 10.2 Å². The molecule has 27 heavy (non-hydrogen) atoms. The molecule has 1 aromatic carbocycles. The minimum atomic E-state index is -0.0198. The number of rotatable bonds is 4. The largest absolute Gasteiger partial charge is 0.322 e. The fraction of sp³-hybridized carbons (Fsp3) is 0.300. The summed E-state index contributed by atoms with van der Waals surface area (Å²) in [5, 5.41) is 10.4. The zero-order chi connectivity index (χ0) is 18.6. The summed E-state index contributed by atoms with van der Waals surface area (Å²) in [6.45, 7) is 6.07. The Morgan fingerprint density at radius 3 is 2.78 bits per heavy atom. The Kier molecular flexibility index (Phi) is 5.52. The maximum absolute atomic E-state index is 12.5. The molecular weight excluding hydrogens is 376 g/mol. The van der Waals surface area contributed by atoms with Gasteiger partial charge in [-0.1, -0.05) is 12.1 Å². The average molecular weight is 399 g/mol. The minimum Gasteiger partial charge on any atom is -0.322 e.